The van der Waals surface area contributed by atoms with Crippen molar-refractivity contribution in [3.05, 3.63) is 71.6 Å². The van der Waals surface area contributed by atoms with E-state index >= 15 is 0 Å². The third kappa shape index (κ3) is 5.16. The van der Waals surface area contributed by atoms with Crippen LogP contribution in [0.5, 0.6) is 5.75 Å². The molecule has 0 radical (unpaired) electrons. The number of rotatable bonds is 8. The molecule has 32 heavy (non-hydrogen) atoms. The van der Waals surface area contributed by atoms with E-state index in [4.69, 9.17) is 4.74 Å². The number of tetrazole rings is 1. The van der Waals surface area contributed by atoms with Crippen molar-refractivity contribution in [3.8, 4) is 16.5 Å². The minimum absolute atomic E-state index is 0.132. The Labute approximate surface area is 188 Å². The minimum atomic E-state index is -0.374. The summed E-state index contributed by atoms with van der Waals surface area (Å²) in [6.45, 7) is 2.34. The first-order valence-electron chi connectivity index (χ1n) is 9.87. The molecule has 0 aliphatic carbocycles. The van der Waals surface area contributed by atoms with Crippen LogP contribution in [-0.4, -0.2) is 38.6 Å². The average Bonchev–Trinajstić information content (AvgIpc) is 3.48. The molecule has 10 heteroatoms. The summed E-state index contributed by atoms with van der Waals surface area (Å²) in [5.41, 5.74) is 1.34. The van der Waals surface area contributed by atoms with Crippen LogP contribution in [-0.2, 0) is 11.3 Å². The molecule has 0 atom stereocenters. The van der Waals surface area contributed by atoms with Gasteiger partial charge in [-0.3, -0.25) is 9.59 Å². The lowest BCUT2D eigenvalue weighted by molar-refractivity contribution is -0.117. The van der Waals surface area contributed by atoms with Crippen LogP contribution in [0.4, 0.5) is 11.4 Å². The number of benzene rings is 2. The fourth-order valence-corrected chi connectivity index (χ4v) is 3.57. The normalized spacial score (nSPS) is 10.5. The van der Waals surface area contributed by atoms with E-state index in [0.29, 0.717) is 29.4 Å². The Bertz CT molecular complexity index is 1200. The fourth-order valence-electron chi connectivity index (χ4n) is 2.92. The van der Waals surface area contributed by atoms with Gasteiger partial charge in [-0.25, -0.2) is 0 Å². The Balaban J connectivity index is 1.41. The molecule has 0 bridgehead atoms. The van der Waals surface area contributed by atoms with Gasteiger partial charge >= 0.3 is 0 Å². The van der Waals surface area contributed by atoms with Gasteiger partial charge in [0.25, 0.3) is 5.91 Å². The van der Waals surface area contributed by atoms with E-state index < -0.39 is 0 Å². The third-order valence-electron chi connectivity index (χ3n) is 4.35. The van der Waals surface area contributed by atoms with E-state index in [1.54, 1.807) is 48.5 Å². The first-order chi connectivity index (χ1) is 15.6. The van der Waals surface area contributed by atoms with Crippen molar-refractivity contribution in [3.63, 3.8) is 0 Å². The molecule has 2 N–H and O–H groups in total. The average molecular weight is 449 g/mol. The first-order valence-corrected chi connectivity index (χ1v) is 10.7. The van der Waals surface area contributed by atoms with E-state index in [-0.39, 0.29) is 18.4 Å². The van der Waals surface area contributed by atoms with Gasteiger partial charge in [0.1, 0.15) is 12.3 Å². The first kappa shape index (κ1) is 21.2. The quantitative estimate of drug-likeness (QED) is 0.425. The molecule has 0 aliphatic heterocycles. The van der Waals surface area contributed by atoms with E-state index in [2.05, 4.69) is 26.0 Å². The van der Waals surface area contributed by atoms with Gasteiger partial charge < -0.3 is 15.4 Å². The van der Waals surface area contributed by atoms with E-state index in [1.165, 1.54) is 16.1 Å². The van der Waals surface area contributed by atoms with Crippen LogP contribution in [0.3, 0.4) is 0 Å². The highest BCUT2D eigenvalue weighted by atomic mass is 32.1. The number of para-hydroxylation sites is 1. The van der Waals surface area contributed by atoms with Gasteiger partial charge in [-0.05, 0) is 60.0 Å². The lowest BCUT2D eigenvalue weighted by Crippen LogP contribution is -2.22. The van der Waals surface area contributed by atoms with Gasteiger partial charge in [-0.1, -0.05) is 18.2 Å². The molecule has 0 aliphatic rings. The fraction of sp³-hybridized carbons (Fsp3) is 0.136. The lowest BCUT2D eigenvalue weighted by Gasteiger charge is -2.12. The number of nitrogens with zero attached hydrogens (tertiary/aromatic N) is 4. The number of carbonyl (C=O) groups is 2. The molecule has 2 heterocycles. The minimum Gasteiger partial charge on any atom is -0.494 e. The molecule has 0 saturated carbocycles. The Morgan fingerprint density at radius 1 is 1.03 bits per heavy atom. The predicted molar refractivity (Wildman–Crippen MR) is 122 cm³/mol. The summed E-state index contributed by atoms with van der Waals surface area (Å²) in [7, 11) is 0. The van der Waals surface area contributed by atoms with Gasteiger partial charge in [0.2, 0.25) is 11.7 Å². The van der Waals surface area contributed by atoms with Crippen molar-refractivity contribution < 1.29 is 14.3 Å². The van der Waals surface area contributed by atoms with Crippen LogP contribution in [0.25, 0.3) is 10.7 Å². The Morgan fingerprint density at radius 2 is 1.84 bits per heavy atom. The summed E-state index contributed by atoms with van der Waals surface area (Å²) in [6.07, 6.45) is 0. The van der Waals surface area contributed by atoms with E-state index in [9.17, 15) is 9.59 Å². The van der Waals surface area contributed by atoms with Gasteiger partial charge in [0, 0.05) is 5.69 Å². The molecule has 2 amide bonds. The zero-order chi connectivity index (χ0) is 22.3. The van der Waals surface area contributed by atoms with E-state index in [1.807, 2.05) is 24.4 Å². The monoisotopic (exact) mass is 448 g/mol. The van der Waals surface area contributed by atoms with Gasteiger partial charge in [0.05, 0.1) is 22.7 Å². The molecule has 0 saturated heterocycles. The summed E-state index contributed by atoms with van der Waals surface area (Å²) in [6, 6.07) is 17.6. The highest BCUT2D eigenvalue weighted by molar-refractivity contribution is 7.13. The van der Waals surface area contributed by atoms with Crippen molar-refractivity contribution >= 4 is 34.5 Å². The molecule has 4 rings (SSSR count). The van der Waals surface area contributed by atoms with Crippen LogP contribution in [0, 0.1) is 0 Å². The molecule has 9 nitrogen and oxygen atoms in total. The summed E-state index contributed by atoms with van der Waals surface area (Å²) in [4.78, 5) is 27.4. The molecule has 0 spiro atoms. The van der Waals surface area contributed by atoms with Crippen LogP contribution in [0.15, 0.2) is 66.0 Å². The molecule has 0 fully saturated rings. The molecule has 2 aromatic heterocycles. The molecular weight excluding hydrogens is 428 g/mol. The Kier molecular flexibility index (Phi) is 6.52. The van der Waals surface area contributed by atoms with Crippen molar-refractivity contribution in [1.82, 2.24) is 20.2 Å². The SMILES string of the molecule is CCOc1ccc(NC(=O)c2ccccc2NC(=O)Cn2nnc(-c3cccs3)n2)cc1. The third-order valence-corrected chi connectivity index (χ3v) is 5.21. The number of ether oxygens (including phenoxy) is 1. The number of carbonyl (C=O) groups excluding carboxylic acids is 2. The van der Waals surface area contributed by atoms with Gasteiger partial charge in [0.15, 0.2) is 0 Å². The highest BCUT2D eigenvalue weighted by Crippen LogP contribution is 2.21. The zero-order valence-corrected chi connectivity index (χ0v) is 18.0. The number of aromatic nitrogens is 4. The molecule has 2 aromatic carbocycles. The van der Waals surface area contributed by atoms with Crippen molar-refractivity contribution in [2.75, 3.05) is 17.2 Å². The summed E-state index contributed by atoms with van der Waals surface area (Å²) < 4.78 is 5.41. The van der Waals surface area contributed by atoms with Crippen molar-refractivity contribution in [1.29, 1.82) is 0 Å². The molecule has 4 aromatic rings. The molecular formula is C22H20N6O3S. The maximum absolute atomic E-state index is 12.8. The molecule has 162 valence electrons. The number of amides is 2. The lowest BCUT2D eigenvalue weighted by atomic mass is 10.1. The number of hydrogen-bond acceptors (Lipinski definition) is 7. The zero-order valence-electron chi connectivity index (χ0n) is 17.2. The van der Waals surface area contributed by atoms with Crippen LogP contribution < -0.4 is 15.4 Å². The predicted octanol–water partition coefficient (Wildman–Crippen LogP) is 3.69. The largest absolute Gasteiger partial charge is 0.494 e. The van der Waals surface area contributed by atoms with Crippen LogP contribution >= 0.6 is 11.3 Å². The number of hydrogen-bond donors (Lipinski definition) is 2. The Morgan fingerprint density at radius 3 is 2.59 bits per heavy atom. The topological polar surface area (TPSA) is 111 Å². The molecule has 0 unspecified atom stereocenters. The van der Waals surface area contributed by atoms with Crippen molar-refractivity contribution in [2.24, 2.45) is 0 Å². The second-order valence-electron chi connectivity index (χ2n) is 6.63. The second-order valence-corrected chi connectivity index (χ2v) is 7.57. The standard InChI is InChI=1S/C22H20N6O3S/c1-2-31-16-11-9-15(10-12-16)23-22(30)17-6-3-4-7-18(17)24-20(29)14-28-26-21(25-27-28)19-8-5-13-32-19/h3-13H,2,14H2,1H3,(H,23,30)(H,24,29). The van der Waals surface area contributed by atoms with E-state index in [0.717, 1.165) is 10.6 Å². The summed E-state index contributed by atoms with van der Waals surface area (Å²) in [5.74, 6) is 0.468. The van der Waals surface area contributed by atoms with Crippen LogP contribution in [0.1, 0.15) is 17.3 Å². The maximum Gasteiger partial charge on any atom is 0.257 e. The summed E-state index contributed by atoms with van der Waals surface area (Å²) in [5, 5.41) is 19.6. The second kappa shape index (κ2) is 9.84. The smallest absolute Gasteiger partial charge is 0.257 e. The van der Waals surface area contributed by atoms with Gasteiger partial charge in [-0.15, -0.1) is 21.5 Å². The number of nitrogens with one attached hydrogen (secondary N) is 2. The van der Waals surface area contributed by atoms with Crippen LogP contribution in [0.2, 0.25) is 0 Å². The number of anilines is 2. The van der Waals surface area contributed by atoms with Crippen molar-refractivity contribution in [2.45, 2.75) is 13.5 Å². The van der Waals surface area contributed by atoms with Gasteiger partial charge in [-0.2, -0.15) is 4.80 Å². The highest BCUT2D eigenvalue weighted by Gasteiger charge is 2.15. The number of thiophene rings is 1. The Hall–Kier alpha value is -4.05. The summed E-state index contributed by atoms with van der Waals surface area (Å²) >= 11 is 1.49. The maximum atomic E-state index is 12.8.